The Labute approximate surface area is 78.7 Å². The summed E-state index contributed by atoms with van der Waals surface area (Å²) in [6.07, 6.45) is 1.38. The quantitative estimate of drug-likeness (QED) is 0.665. The van der Waals surface area contributed by atoms with Crippen LogP contribution in [0.5, 0.6) is 0 Å². The van der Waals surface area contributed by atoms with Crippen LogP contribution in [0.4, 0.5) is 0 Å². The van der Waals surface area contributed by atoms with Crippen molar-refractivity contribution in [3.63, 3.8) is 0 Å². The van der Waals surface area contributed by atoms with Gasteiger partial charge in [-0.3, -0.25) is 0 Å². The summed E-state index contributed by atoms with van der Waals surface area (Å²) in [7, 11) is 0. The summed E-state index contributed by atoms with van der Waals surface area (Å²) in [6, 6.07) is -0.592. The van der Waals surface area contributed by atoms with Crippen LogP contribution >= 0.6 is 0 Å². The van der Waals surface area contributed by atoms with E-state index in [0.29, 0.717) is 13.0 Å². The molecule has 1 rings (SSSR count). The number of nitrogens with zero attached hydrogens (tertiary/aromatic N) is 1. The number of aliphatic carboxylic acids is 1. The Hall–Kier alpha value is -0.541. The number of rotatable bonds is 2. The van der Waals surface area contributed by atoms with Crippen LogP contribution in [0.25, 0.3) is 0 Å². The molecule has 12 heavy (non-hydrogen) atoms. The van der Waals surface area contributed by atoms with Gasteiger partial charge >= 0.3 is 78.2 Å². The summed E-state index contributed by atoms with van der Waals surface area (Å²) in [5.41, 5.74) is 0. The third-order valence-electron chi connectivity index (χ3n) is 1.98. The van der Waals surface area contributed by atoms with Gasteiger partial charge in [0.2, 0.25) is 0 Å². The first-order valence-corrected chi connectivity index (χ1v) is 4.98. The van der Waals surface area contributed by atoms with Crippen LogP contribution in [0.3, 0.4) is 0 Å². The molecule has 1 amide bonds. The molecule has 0 unspecified atom stereocenters. The van der Waals surface area contributed by atoms with E-state index in [1.54, 1.807) is 0 Å². The third-order valence-corrected chi connectivity index (χ3v) is 2.50. The standard InChI is InChI=1S/C7H10NO3Se/c9-6(4-12)8-3-1-2-5(8)7(10)11/h5H,1-4H2,(H,10,11)/t5-/m0/s1. The van der Waals surface area contributed by atoms with Crippen molar-refractivity contribution in [3.8, 4) is 0 Å². The van der Waals surface area contributed by atoms with E-state index in [9.17, 15) is 9.59 Å². The van der Waals surface area contributed by atoms with Crippen molar-refractivity contribution in [2.75, 3.05) is 6.54 Å². The number of carbonyl (C=O) groups is 2. The van der Waals surface area contributed by atoms with Gasteiger partial charge in [0.1, 0.15) is 0 Å². The van der Waals surface area contributed by atoms with Crippen LogP contribution in [-0.4, -0.2) is 50.5 Å². The molecular formula is C7H10NO3Se. The molecule has 0 spiro atoms. The van der Waals surface area contributed by atoms with Crippen molar-refractivity contribution in [2.24, 2.45) is 0 Å². The van der Waals surface area contributed by atoms with Gasteiger partial charge in [0.25, 0.3) is 0 Å². The van der Waals surface area contributed by atoms with E-state index in [-0.39, 0.29) is 11.2 Å². The normalized spacial score (nSPS) is 22.8. The molecule has 0 aliphatic carbocycles. The SMILES string of the molecule is O=C(O)[C@@H]1CCCN1C(=O)C[Se]. The zero-order valence-electron chi connectivity index (χ0n) is 6.52. The summed E-state index contributed by atoms with van der Waals surface area (Å²) in [6.45, 7) is 0.581. The van der Waals surface area contributed by atoms with Crippen molar-refractivity contribution in [1.82, 2.24) is 4.90 Å². The molecule has 0 aromatic rings. The van der Waals surface area contributed by atoms with Crippen molar-refractivity contribution >= 4 is 27.9 Å². The minimum atomic E-state index is -0.894. The van der Waals surface area contributed by atoms with Crippen molar-refractivity contribution in [1.29, 1.82) is 0 Å². The number of amides is 1. The molecule has 1 radical (unpaired) electrons. The molecule has 1 heterocycles. The van der Waals surface area contributed by atoms with E-state index >= 15 is 0 Å². The Morgan fingerprint density at radius 3 is 2.75 bits per heavy atom. The second-order valence-corrected chi connectivity index (χ2v) is 3.33. The first kappa shape index (κ1) is 9.55. The van der Waals surface area contributed by atoms with Crippen LogP contribution in [0.1, 0.15) is 12.8 Å². The first-order chi connectivity index (χ1) is 5.66. The Kier molecular flexibility index (Phi) is 3.12. The zero-order valence-corrected chi connectivity index (χ0v) is 8.24. The third kappa shape index (κ3) is 1.79. The number of carboxylic acid groups (broad SMARTS) is 1. The van der Waals surface area contributed by atoms with E-state index in [0.717, 1.165) is 6.42 Å². The molecule has 5 heteroatoms. The molecule has 67 valence electrons. The van der Waals surface area contributed by atoms with Gasteiger partial charge in [0.05, 0.1) is 0 Å². The molecule has 4 nitrogen and oxygen atoms in total. The molecule has 1 saturated heterocycles. The van der Waals surface area contributed by atoms with Gasteiger partial charge in [-0.05, 0) is 0 Å². The van der Waals surface area contributed by atoms with Crippen LogP contribution in [0.15, 0.2) is 0 Å². The summed E-state index contributed by atoms with van der Waals surface area (Å²) in [5.74, 6) is -1.01. The van der Waals surface area contributed by atoms with E-state index in [1.165, 1.54) is 4.90 Å². The second kappa shape index (κ2) is 3.92. The molecule has 1 fully saturated rings. The Morgan fingerprint density at radius 2 is 2.25 bits per heavy atom. The van der Waals surface area contributed by atoms with E-state index in [4.69, 9.17) is 5.11 Å². The fourth-order valence-electron chi connectivity index (χ4n) is 1.40. The van der Waals surface area contributed by atoms with Crippen molar-refractivity contribution in [2.45, 2.75) is 24.2 Å². The van der Waals surface area contributed by atoms with Gasteiger partial charge in [0, 0.05) is 0 Å². The number of hydrogen-bond acceptors (Lipinski definition) is 2. The van der Waals surface area contributed by atoms with Crippen LogP contribution in [0.2, 0.25) is 5.32 Å². The molecular weight excluding hydrogens is 225 g/mol. The summed E-state index contributed by atoms with van der Waals surface area (Å²) in [4.78, 5) is 23.2. The number of carbonyl (C=O) groups excluding carboxylic acids is 1. The average Bonchev–Trinajstić information content (AvgIpc) is 2.50. The average molecular weight is 235 g/mol. The van der Waals surface area contributed by atoms with Gasteiger partial charge in [-0.15, -0.1) is 0 Å². The zero-order chi connectivity index (χ0) is 9.14. The molecule has 0 aromatic carbocycles. The topological polar surface area (TPSA) is 57.6 Å². The maximum atomic E-state index is 11.2. The van der Waals surface area contributed by atoms with Gasteiger partial charge in [-0.2, -0.15) is 0 Å². The van der Waals surface area contributed by atoms with Crippen molar-refractivity contribution in [3.05, 3.63) is 0 Å². The molecule has 1 aliphatic rings. The van der Waals surface area contributed by atoms with Crippen LogP contribution in [-0.2, 0) is 9.59 Å². The van der Waals surface area contributed by atoms with E-state index < -0.39 is 12.0 Å². The fraction of sp³-hybridized carbons (Fsp3) is 0.714. The number of carboxylic acids is 1. The maximum absolute atomic E-state index is 11.2. The van der Waals surface area contributed by atoms with Crippen molar-refractivity contribution < 1.29 is 14.7 Å². The predicted molar refractivity (Wildman–Crippen MR) is 42.9 cm³/mol. The monoisotopic (exact) mass is 236 g/mol. The molecule has 1 aliphatic heterocycles. The van der Waals surface area contributed by atoms with E-state index in [1.807, 2.05) is 0 Å². The first-order valence-electron chi connectivity index (χ1n) is 3.77. The van der Waals surface area contributed by atoms with Gasteiger partial charge in [-0.1, -0.05) is 0 Å². The second-order valence-electron chi connectivity index (χ2n) is 2.73. The molecule has 1 N–H and O–H groups in total. The van der Waals surface area contributed by atoms with Gasteiger partial charge in [-0.25, -0.2) is 0 Å². The molecule has 0 bridgehead atoms. The van der Waals surface area contributed by atoms with Gasteiger partial charge < -0.3 is 0 Å². The molecule has 0 aromatic heterocycles. The Bertz CT molecular complexity index is 207. The summed E-state index contributed by atoms with van der Waals surface area (Å²) < 4.78 is 0. The summed E-state index contributed by atoms with van der Waals surface area (Å²) >= 11 is 2.59. The fourth-order valence-corrected chi connectivity index (χ4v) is 1.75. The Balaban J connectivity index is 2.63. The van der Waals surface area contributed by atoms with E-state index in [2.05, 4.69) is 16.0 Å². The molecule has 0 saturated carbocycles. The summed E-state index contributed by atoms with van der Waals surface area (Å²) in [5, 5.41) is 8.99. The van der Waals surface area contributed by atoms with Gasteiger partial charge in [0.15, 0.2) is 0 Å². The van der Waals surface area contributed by atoms with Crippen LogP contribution in [0, 0.1) is 0 Å². The van der Waals surface area contributed by atoms with Crippen LogP contribution < -0.4 is 0 Å². The number of hydrogen-bond donors (Lipinski definition) is 1. The predicted octanol–water partition coefficient (Wildman–Crippen LogP) is -0.351. The molecule has 1 atom stereocenters. The number of likely N-dealkylation sites (tertiary alicyclic amines) is 1. The Morgan fingerprint density at radius 1 is 1.58 bits per heavy atom. The minimum absolute atomic E-state index is 0.111.